The van der Waals surface area contributed by atoms with Crippen LogP contribution in [0.2, 0.25) is 0 Å². The van der Waals surface area contributed by atoms with E-state index in [4.69, 9.17) is 9.47 Å². The van der Waals surface area contributed by atoms with Gasteiger partial charge in [0.1, 0.15) is 23.7 Å². The minimum Gasteiger partial charge on any atom is -0.507 e. The molecule has 172 valence electrons. The fraction of sp³-hybridized carbons (Fsp3) is 0.409. The first-order valence-corrected chi connectivity index (χ1v) is 9.63. The van der Waals surface area contributed by atoms with E-state index in [2.05, 4.69) is 0 Å². The number of hydrogen-bond acceptors (Lipinski definition) is 6. The molecule has 1 heterocycles. The highest BCUT2D eigenvalue weighted by Crippen LogP contribution is 2.30. The van der Waals surface area contributed by atoms with Crippen molar-refractivity contribution in [2.24, 2.45) is 0 Å². The Bertz CT molecular complexity index is 816. The van der Waals surface area contributed by atoms with E-state index in [1.807, 2.05) is 6.08 Å². The van der Waals surface area contributed by atoms with Gasteiger partial charge in [-0.05, 0) is 37.0 Å². The van der Waals surface area contributed by atoms with Gasteiger partial charge in [-0.25, -0.2) is 4.79 Å². The van der Waals surface area contributed by atoms with Crippen LogP contribution in [0.25, 0.3) is 6.08 Å². The predicted octanol–water partition coefficient (Wildman–Crippen LogP) is 1.47. The number of phenolic OH excluding ortho intramolecular Hbond substituents is 1. The van der Waals surface area contributed by atoms with Crippen molar-refractivity contribution < 1.29 is 39.9 Å². The topological polar surface area (TPSA) is 156 Å². The Kier molecular flexibility index (Phi) is 12.5. The Hall–Kier alpha value is -3.17. The number of carbonyl (C=O) groups excluding carboxylic acids is 3. The van der Waals surface area contributed by atoms with Crippen LogP contribution >= 0.6 is 0 Å². The first-order chi connectivity index (χ1) is 13.9. The molecule has 2 rings (SSSR count). The van der Waals surface area contributed by atoms with Gasteiger partial charge in [-0.3, -0.25) is 9.59 Å². The summed E-state index contributed by atoms with van der Waals surface area (Å²) in [6, 6.07) is 3.01. The number of benzene rings is 1. The summed E-state index contributed by atoms with van der Waals surface area (Å²) >= 11 is 0. The Morgan fingerprint density at radius 2 is 1.87 bits per heavy atom. The molecule has 0 bridgehead atoms. The van der Waals surface area contributed by atoms with Gasteiger partial charge in [-0.15, -0.1) is 0 Å². The number of ketones is 1. The molecule has 0 spiro atoms. The molecule has 0 saturated heterocycles. The van der Waals surface area contributed by atoms with Crippen molar-refractivity contribution in [2.75, 3.05) is 26.8 Å². The number of fused-ring (bicyclic) bond motifs is 1. The fourth-order valence-electron chi connectivity index (χ4n) is 2.71. The fourth-order valence-corrected chi connectivity index (χ4v) is 2.71. The molecule has 0 aromatic heterocycles. The number of esters is 1. The van der Waals surface area contributed by atoms with E-state index in [-0.39, 0.29) is 47.2 Å². The SMILES string of the molecule is CC(=O)N(C)CCOc1cc(O)c2c(c1)/C=C/CCCC(=O)/C=C\CCOC2=O.O.O. The van der Waals surface area contributed by atoms with E-state index in [1.165, 1.54) is 24.0 Å². The molecule has 9 nitrogen and oxygen atoms in total. The zero-order chi connectivity index (χ0) is 21.2. The van der Waals surface area contributed by atoms with Gasteiger partial charge in [-0.2, -0.15) is 0 Å². The van der Waals surface area contributed by atoms with Gasteiger partial charge in [0.15, 0.2) is 5.78 Å². The quantitative estimate of drug-likeness (QED) is 0.703. The third kappa shape index (κ3) is 9.02. The van der Waals surface area contributed by atoms with Crippen molar-refractivity contribution in [1.82, 2.24) is 4.90 Å². The third-order valence-corrected chi connectivity index (χ3v) is 4.47. The highest BCUT2D eigenvalue weighted by Gasteiger charge is 2.19. The van der Waals surface area contributed by atoms with Crippen LogP contribution in [0.5, 0.6) is 11.5 Å². The second-order valence-electron chi connectivity index (χ2n) is 6.78. The minimum atomic E-state index is -0.637. The Morgan fingerprint density at radius 3 is 2.58 bits per heavy atom. The highest BCUT2D eigenvalue weighted by atomic mass is 16.5. The summed E-state index contributed by atoms with van der Waals surface area (Å²) in [4.78, 5) is 36.9. The number of likely N-dealkylation sites (N-methyl/N-ethyl adjacent to an activating group) is 1. The number of carbonyl (C=O) groups is 3. The Labute approximate surface area is 181 Å². The smallest absolute Gasteiger partial charge is 0.342 e. The maximum atomic E-state index is 12.5. The summed E-state index contributed by atoms with van der Waals surface area (Å²) in [6.45, 7) is 2.22. The van der Waals surface area contributed by atoms with Gasteiger partial charge in [0, 0.05) is 26.5 Å². The van der Waals surface area contributed by atoms with Crippen LogP contribution in [0.4, 0.5) is 0 Å². The van der Waals surface area contributed by atoms with Gasteiger partial charge >= 0.3 is 5.97 Å². The first-order valence-electron chi connectivity index (χ1n) is 9.63. The molecule has 1 aliphatic rings. The zero-order valence-corrected chi connectivity index (χ0v) is 17.8. The van der Waals surface area contributed by atoms with Crippen molar-refractivity contribution >= 4 is 23.7 Å². The molecule has 5 N–H and O–H groups in total. The number of ether oxygens (including phenoxy) is 2. The molecule has 1 aliphatic heterocycles. The standard InChI is InChI=1S/C22H27NO6.2H2O/c1-16(24)23(2)11-13-28-19-14-17-8-4-3-5-9-18(25)10-6-7-12-29-22(27)21(17)20(26)15-19;;/h4,6,8,10,14-15,26H,3,5,7,9,11-13H2,1-2H3;2*1H2/b8-4+,10-6-;;. The molecule has 1 amide bonds. The number of nitrogens with zero attached hydrogens (tertiary/aromatic N) is 1. The molecular weight excluding hydrogens is 406 g/mol. The Morgan fingerprint density at radius 1 is 1.16 bits per heavy atom. The van der Waals surface area contributed by atoms with E-state index in [0.717, 1.165) is 0 Å². The molecule has 1 aromatic rings. The molecule has 31 heavy (non-hydrogen) atoms. The average Bonchev–Trinajstić information content (AvgIpc) is 2.66. The third-order valence-electron chi connectivity index (χ3n) is 4.47. The van der Waals surface area contributed by atoms with Crippen molar-refractivity contribution in [3.05, 3.63) is 41.5 Å². The van der Waals surface area contributed by atoms with E-state index < -0.39 is 5.97 Å². The number of phenols is 1. The lowest BCUT2D eigenvalue weighted by Crippen LogP contribution is -2.28. The lowest BCUT2D eigenvalue weighted by atomic mass is 10.0. The van der Waals surface area contributed by atoms with Gasteiger partial charge in [0.2, 0.25) is 5.91 Å². The summed E-state index contributed by atoms with van der Waals surface area (Å²) in [5, 5.41) is 10.4. The molecular formula is C22H31NO8. The number of rotatable bonds is 4. The normalized spacial score (nSPS) is 16.3. The van der Waals surface area contributed by atoms with Crippen LogP contribution in [0.15, 0.2) is 30.4 Å². The van der Waals surface area contributed by atoms with Crippen LogP contribution in [-0.4, -0.2) is 65.4 Å². The zero-order valence-electron chi connectivity index (χ0n) is 17.8. The Balaban J connectivity index is 0.00000450. The average molecular weight is 437 g/mol. The van der Waals surface area contributed by atoms with Crippen LogP contribution in [0, 0.1) is 0 Å². The second kappa shape index (κ2) is 13.9. The van der Waals surface area contributed by atoms with Crippen molar-refractivity contribution in [3.8, 4) is 11.5 Å². The van der Waals surface area contributed by atoms with E-state index in [9.17, 15) is 19.5 Å². The van der Waals surface area contributed by atoms with Crippen LogP contribution in [-0.2, 0) is 14.3 Å². The number of amides is 1. The lowest BCUT2D eigenvalue weighted by molar-refractivity contribution is -0.127. The second-order valence-corrected chi connectivity index (χ2v) is 6.78. The first kappa shape index (κ1) is 27.8. The maximum Gasteiger partial charge on any atom is 0.342 e. The molecule has 0 saturated carbocycles. The van der Waals surface area contributed by atoms with Gasteiger partial charge in [0.05, 0.1) is 13.2 Å². The minimum absolute atomic E-state index is 0. The van der Waals surface area contributed by atoms with E-state index in [1.54, 1.807) is 25.3 Å². The number of aromatic hydroxyl groups is 1. The summed E-state index contributed by atoms with van der Waals surface area (Å²) in [7, 11) is 1.67. The maximum absolute atomic E-state index is 12.5. The van der Waals surface area contributed by atoms with Gasteiger partial charge in [0.25, 0.3) is 0 Å². The molecule has 0 radical (unpaired) electrons. The summed E-state index contributed by atoms with van der Waals surface area (Å²) < 4.78 is 10.9. The molecule has 0 atom stereocenters. The van der Waals surface area contributed by atoms with E-state index >= 15 is 0 Å². The number of allylic oxidation sites excluding steroid dienone is 2. The van der Waals surface area contributed by atoms with Crippen LogP contribution < -0.4 is 4.74 Å². The predicted molar refractivity (Wildman–Crippen MR) is 116 cm³/mol. The largest absolute Gasteiger partial charge is 0.507 e. The summed E-state index contributed by atoms with van der Waals surface area (Å²) in [5.74, 6) is -0.507. The van der Waals surface area contributed by atoms with Crippen LogP contribution in [0.1, 0.15) is 48.5 Å². The van der Waals surface area contributed by atoms with Gasteiger partial charge in [-0.1, -0.05) is 18.2 Å². The molecule has 0 fully saturated rings. The van der Waals surface area contributed by atoms with Crippen molar-refractivity contribution in [3.63, 3.8) is 0 Å². The number of hydrogen-bond donors (Lipinski definition) is 1. The highest BCUT2D eigenvalue weighted by molar-refractivity contribution is 5.97. The molecule has 0 aliphatic carbocycles. The van der Waals surface area contributed by atoms with Gasteiger partial charge < -0.3 is 30.4 Å². The molecule has 0 unspecified atom stereocenters. The van der Waals surface area contributed by atoms with Crippen molar-refractivity contribution in [1.29, 1.82) is 0 Å². The molecule has 9 heteroatoms. The van der Waals surface area contributed by atoms with E-state index in [0.29, 0.717) is 43.5 Å². The summed E-state index contributed by atoms with van der Waals surface area (Å²) in [5.41, 5.74) is 0.551. The van der Waals surface area contributed by atoms with Crippen molar-refractivity contribution in [2.45, 2.75) is 32.6 Å². The number of cyclic esters (lactones) is 1. The molecule has 1 aromatic carbocycles. The monoisotopic (exact) mass is 437 g/mol. The summed E-state index contributed by atoms with van der Waals surface area (Å²) in [6.07, 6.45) is 9.00. The lowest BCUT2D eigenvalue weighted by Gasteiger charge is -2.16. The van der Waals surface area contributed by atoms with Crippen LogP contribution in [0.3, 0.4) is 0 Å².